The Kier molecular flexibility index (Phi) is 3.16. The summed E-state index contributed by atoms with van der Waals surface area (Å²) in [5.41, 5.74) is 1.86. The summed E-state index contributed by atoms with van der Waals surface area (Å²) in [4.78, 5) is 0. The normalized spacial score (nSPS) is 31.8. The maximum atomic E-state index is 10.5. The van der Waals surface area contributed by atoms with Crippen LogP contribution >= 0.6 is 0 Å². The van der Waals surface area contributed by atoms with Crippen molar-refractivity contribution in [3.05, 3.63) is 35.4 Å². The summed E-state index contributed by atoms with van der Waals surface area (Å²) < 4.78 is 5.52. The van der Waals surface area contributed by atoms with Crippen molar-refractivity contribution in [1.82, 2.24) is 0 Å². The Labute approximate surface area is 109 Å². The molecule has 18 heavy (non-hydrogen) atoms. The maximum absolute atomic E-state index is 10.5. The molecule has 0 aromatic heterocycles. The van der Waals surface area contributed by atoms with Crippen molar-refractivity contribution in [2.45, 2.75) is 56.7 Å². The second-order valence-electron chi connectivity index (χ2n) is 5.77. The molecule has 2 heteroatoms. The predicted octanol–water partition coefficient (Wildman–Crippen LogP) is 3.34. The highest BCUT2D eigenvalue weighted by Gasteiger charge is 2.44. The van der Waals surface area contributed by atoms with E-state index in [-0.39, 0.29) is 6.10 Å². The molecule has 1 aromatic carbocycles. The number of aliphatic hydroxyl groups is 1. The van der Waals surface area contributed by atoms with Crippen LogP contribution < -0.4 is 0 Å². The van der Waals surface area contributed by atoms with E-state index < -0.39 is 5.60 Å². The van der Waals surface area contributed by atoms with Crippen LogP contribution in [0.2, 0.25) is 0 Å². The maximum Gasteiger partial charge on any atom is 0.0946 e. The summed E-state index contributed by atoms with van der Waals surface area (Å²) in [7, 11) is 0. The van der Waals surface area contributed by atoms with E-state index in [2.05, 4.69) is 24.3 Å². The highest BCUT2D eigenvalue weighted by molar-refractivity contribution is 5.31. The molecular formula is C16H22O2. The number of ether oxygens (including phenoxy) is 1. The molecule has 1 aromatic rings. The van der Waals surface area contributed by atoms with Gasteiger partial charge in [-0.1, -0.05) is 30.7 Å². The van der Waals surface area contributed by atoms with Gasteiger partial charge in [0.2, 0.25) is 0 Å². The number of hydrogen-bond acceptors (Lipinski definition) is 2. The molecule has 0 aliphatic heterocycles. The van der Waals surface area contributed by atoms with Crippen molar-refractivity contribution < 1.29 is 9.84 Å². The molecule has 0 atom stereocenters. The fraction of sp³-hybridized carbons (Fsp3) is 0.625. The Balaban J connectivity index is 1.66. The molecule has 2 saturated carbocycles. The Hall–Kier alpha value is -0.860. The second-order valence-corrected chi connectivity index (χ2v) is 5.77. The third-order valence-corrected chi connectivity index (χ3v) is 4.56. The van der Waals surface area contributed by atoms with Crippen LogP contribution in [0.1, 0.15) is 56.1 Å². The number of benzene rings is 1. The van der Waals surface area contributed by atoms with Crippen LogP contribution in [0, 0.1) is 0 Å². The number of hydrogen-bond donors (Lipinski definition) is 1. The monoisotopic (exact) mass is 246 g/mol. The van der Waals surface area contributed by atoms with Gasteiger partial charge in [-0.15, -0.1) is 0 Å². The van der Waals surface area contributed by atoms with E-state index in [0.29, 0.717) is 0 Å². The van der Waals surface area contributed by atoms with Gasteiger partial charge in [-0.3, -0.25) is 0 Å². The summed E-state index contributed by atoms with van der Waals surface area (Å²) in [5, 5.41) is 10.5. The van der Waals surface area contributed by atoms with Crippen LogP contribution in [0.5, 0.6) is 0 Å². The zero-order chi connectivity index (χ0) is 12.6. The van der Waals surface area contributed by atoms with Crippen LogP contribution in [0.4, 0.5) is 0 Å². The first-order valence-corrected chi connectivity index (χ1v) is 7.16. The molecule has 2 nitrogen and oxygen atoms in total. The Morgan fingerprint density at radius 2 is 1.89 bits per heavy atom. The van der Waals surface area contributed by atoms with Crippen LogP contribution in [-0.4, -0.2) is 17.8 Å². The molecule has 0 radical (unpaired) electrons. The fourth-order valence-corrected chi connectivity index (χ4v) is 3.09. The van der Waals surface area contributed by atoms with Crippen molar-refractivity contribution >= 4 is 0 Å². The second kappa shape index (κ2) is 4.67. The molecule has 0 unspecified atom stereocenters. The minimum Gasteiger partial charge on any atom is -0.385 e. The molecule has 0 amide bonds. The van der Waals surface area contributed by atoms with Crippen molar-refractivity contribution in [1.29, 1.82) is 0 Å². The largest absolute Gasteiger partial charge is 0.385 e. The van der Waals surface area contributed by atoms with Gasteiger partial charge in [0.1, 0.15) is 0 Å². The first-order chi connectivity index (χ1) is 8.71. The molecule has 1 N–H and O–H groups in total. The van der Waals surface area contributed by atoms with Gasteiger partial charge in [0, 0.05) is 19.4 Å². The van der Waals surface area contributed by atoms with Gasteiger partial charge in [0.25, 0.3) is 0 Å². The van der Waals surface area contributed by atoms with Crippen molar-refractivity contribution in [2.24, 2.45) is 0 Å². The van der Waals surface area contributed by atoms with Gasteiger partial charge in [0.15, 0.2) is 0 Å². The highest BCUT2D eigenvalue weighted by atomic mass is 16.5. The predicted molar refractivity (Wildman–Crippen MR) is 71.6 cm³/mol. The SMILES string of the molecule is CCOC1CC(O)(c2ccc(C3CCC3)cc2)C1. The van der Waals surface area contributed by atoms with E-state index in [1.807, 2.05) is 6.92 Å². The lowest BCUT2D eigenvalue weighted by Gasteiger charge is -2.43. The molecule has 2 aliphatic carbocycles. The lowest BCUT2D eigenvalue weighted by molar-refractivity contribution is -0.142. The van der Waals surface area contributed by atoms with Gasteiger partial charge in [0.05, 0.1) is 11.7 Å². The van der Waals surface area contributed by atoms with E-state index in [0.717, 1.165) is 30.9 Å². The smallest absolute Gasteiger partial charge is 0.0946 e. The van der Waals surface area contributed by atoms with Crippen LogP contribution in [0.15, 0.2) is 24.3 Å². The molecule has 0 saturated heterocycles. The van der Waals surface area contributed by atoms with Gasteiger partial charge in [-0.05, 0) is 36.8 Å². The average Bonchev–Trinajstić information content (AvgIpc) is 2.26. The lowest BCUT2D eigenvalue weighted by Crippen LogP contribution is -2.45. The van der Waals surface area contributed by atoms with Crippen molar-refractivity contribution in [2.75, 3.05) is 6.61 Å². The summed E-state index contributed by atoms with van der Waals surface area (Å²) >= 11 is 0. The molecule has 0 spiro atoms. The van der Waals surface area contributed by atoms with Gasteiger partial charge in [-0.2, -0.15) is 0 Å². The summed E-state index contributed by atoms with van der Waals surface area (Å²) in [6.45, 7) is 2.74. The standard InChI is InChI=1S/C16H22O2/c1-2-18-15-10-16(17,11-15)14-8-6-13(7-9-14)12-4-3-5-12/h6-9,12,15,17H,2-5,10-11H2,1H3. The number of rotatable bonds is 4. The summed E-state index contributed by atoms with van der Waals surface area (Å²) in [6.07, 6.45) is 5.75. The molecule has 2 fully saturated rings. The third kappa shape index (κ3) is 2.08. The first-order valence-electron chi connectivity index (χ1n) is 7.16. The molecule has 0 heterocycles. The van der Waals surface area contributed by atoms with E-state index in [9.17, 15) is 5.11 Å². The molecule has 98 valence electrons. The topological polar surface area (TPSA) is 29.5 Å². The van der Waals surface area contributed by atoms with E-state index >= 15 is 0 Å². The lowest BCUT2D eigenvalue weighted by atomic mass is 9.72. The minimum atomic E-state index is -0.641. The van der Waals surface area contributed by atoms with Crippen molar-refractivity contribution in [3.63, 3.8) is 0 Å². The zero-order valence-corrected chi connectivity index (χ0v) is 11.1. The Morgan fingerprint density at radius 3 is 2.39 bits per heavy atom. The van der Waals surface area contributed by atoms with Crippen LogP contribution in [-0.2, 0) is 10.3 Å². The zero-order valence-electron chi connectivity index (χ0n) is 11.1. The van der Waals surface area contributed by atoms with Crippen LogP contribution in [0.3, 0.4) is 0 Å². The van der Waals surface area contributed by atoms with Gasteiger partial charge < -0.3 is 9.84 Å². The fourth-order valence-electron chi connectivity index (χ4n) is 3.09. The molecule has 3 rings (SSSR count). The highest BCUT2D eigenvalue weighted by Crippen LogP contribution is 2.44. The average molecular weight is 246 g/mol. The Bertz CT molecular complexity index is 400. The van der Waals surface area contributed by atoms with Crippen molar-refractivity contribution in [3.8, 4) is 0 Å². The molecule has 0 bridgehead atoms. The van der Waals surface area contributed by atoms with Gasteiger partial charge in [-0.25, -0.2) is 0 Å². The van der Waals surface area contributed by atoms with Crippen LogP contribution in [0.25, 0.3) is 0 Å². The molecule has 2 aliphatic rings. The van der Waals surface area contributed by atoms with E-state index in [1.54, 1.807) is 0 Å². The quantitative estimate of drug-likeness (QED) is 0.883. The van der Waals surface area contributed by atoms with E-state index in [1.165, 1.54) is 24.8 Å². The summed E-state index contributed by atoms with van der Waals surface area (Å²) in [5.74, 6) is 0.770. The first kappa shape index (κ1) is 12.2. The minimum absolute atomic E-state index is 0.242. The molecular weight excluding hydrogens is 224 g/mol. The Morgan fingerprint density at radius 1 is 1.22 bits per heavy atom. The van der Waals surface area contributed by atoms with Gasteiger partial charge >= 0.3 is 0 Å². The summed E-state index contributed by atoms with van der Waals surface area (Å²) in [6, 6.07) is 8.61. The van der Waals surface area contributed by atoms with E-state index in [4.69, 9.17) is 4.74 Å². The third-order valence-electron chi connectivity index (χ3n) is 4.56.